The minimum Gasteiger partial charge on any atom is -0.385 e. The lowest BCUT2D eigenvalue weighted by molar-refractivity contribution is -0.116. The highest BCUT2D eigenvalue weighted by atomic mass is 127. The molecule has 8 heteroatoms. The lowest BCUT2D eigenvalue weighted by Gasteiger charge is -2.29. The summed E-state index contributed by atoms with van der Waals surface area (Å²) in [6.45, 7) is 2.22. The first-order chi connectivity index (χ1) is 13.1. The number of rotatable bonds is 9. The van der Waals surface area contributed by atoms with Gasteiger partial charge in [-0.25, -0.2) is 0 Å². The van der Waals surface area contributed by atoms with E-state index in [0.29, 0.717) is 18.4 Å². The predicted molar refractivity (Wildman–Crippen MR) is 130 cm³/mol. The van der Waals surface area contributed by atoms with Crippen LogP contribution in [0, 0.1) is 5.41 Å². The fraction of sp³-hybridized carbons (Fsp3) is 0.600. The van der Waals surface area contributed by atoms with Crippen molar-refractivity contribution in [1.82, 2.24) is 10.6 Å². The zero-order valence-electron chi connectivity index (χ0n) is 16.7. The number of nitrogens with one attached hydrogen (secondary N) is 3. The molecule has 3 N–H and O–H groups in total. The SMILES string of the molecule is CN=C(NCCC(=O)Nc1ccc(Br)cc1)NCC1(CCOC)CCCC1.I. The molecule has 6 nitrogen and oxygen atoms in total. The number of ether oxygens (including phenoxy) is 1. The van der Waals surface area contributed by atoms with Crippen molar-refractivity contribution in [2.75, 3.05) is 39.2 Å². The number of anilines is 1. The maximum Gasteiger partial charge on any atom is 0.226 e. The van der Waals surface area contributed by atoms with Gasteiger partial charge < -0.3 is 20.7 Å². The van der Waals surface area contributed by atoms with Gasteiger partial charge in [0, 0.05) is 50.4 Å². The number of amides is 1. The number of methoxy groups -OCH3 is 1. The highest BCUT2D eigenvalue weighted by Gasteiger charge is 2.33. The van der Waals surface area contributed by atoms with Crippen molar-refractivity contribution in [2.45, 2.75) is 38.5 Å². The summed E-state index contributed by atoms with van der Waals surface area (Å²) in [5.41, 5.74) is 1.10. The minimum absolute atomic E-state index is 0. The Balaban J connectivity index is 0.00000392. The first-order valence-corrected chi connectivity index (χ1v) is 10.4. The van der Waals surface area contributed by atoms with Gasteiger partial charge in [-0.1, -0.05) is 28.8 Å². The van der Waals surface area contributed by atoms with E-state index in [2.05, 4.69) is 36.9 Å². The molecular formula is C20H32BrIN4O2. The third kappa shape index (κ3) is 8.65. The molecule has 158 valence electrons. The van der Waals surface area contributed by atoms with E-state index < -0.39 is 0 Å². The predicted octanol–water partition coefficient (Wildman–Crippen LogP) is 4.16. The smallest absolute Gasteiger partial charge is 0.226 e. The van der Waals surface area contributed by atoms with Crippen molar-refractivity contribution in [3.63, 3.8) is 0 Å². The standard InChI is InChI=1S/C20H31BrN4O2.HI/c1-22-19(24-15-20(12-14-27-2)10-3-4-11-20)23-13-9-18(26)25-17-7-5-16(21)6-8-17;/h5-8H,3-4,9-15H2,1-2H3,(H,25,26)(H2,22,23,24);1H. The summed E-state index contributed by atoms with van der Waals surface area (Å²) in [7, 11) is 3.52. The fourth-order valence-corrected chi connectivity index (χ4v) is 3.77. The number of benzene rings is 1. The summed E-state index contributed by atoms with van der Waals surface area (Å²) in [6, 6.07) is 7.55. The van der Waals surface area contributed by atoms with Gasteiger partial charge in [0.15, 0.2) is 5.96 Å². The molecule has 0 unspecified atom stereocenters. The van der Waals surface area contributed by atoms with E-state index in [1.165, 1.54) is 25.7 Å². The van der Waals surface area contributed by atoms with Gasteiger partial charge in [0.25, 0.3) is 0 Å². The number of aliphatic imine (C=N–C) groups is 1. The van der Waals surface area contributed by atoms with Crippen LogP contribution in [0.1, 0.15) is 38.5 Å². The molecular weight excluding hydrogens is 535 g/mol. The second kappa shape index (κ2) is 13.4. The number of carbonyl (C=O) groups excluding carboxylic acids is 1. The van der Waals surface area contributed by atoms with Crippen molar-refractivity contribution < 1.29 is 9.53 Å². The Labute approximate surface area is 193 Å². The van der Waals surface area contributed by atoms with Gasteiger partial charge in [0.05, 0.1) is 0 Å². The van der Waals surface area contributed by atoms with Gasteiger partial charge >= 0.3 is 0 Å². The zero-order chi connectivity index (χ0) is 19.5. The molecule has 1 aromatic carbocycles. The van der Waals surface area contributed by atoms with Crippen LogP contribution in [0.25, 0.3) is 0 Å². The third-order valence-electron chi connectivity index (χ3n) is 5.13. The van der Waals surface area contributed by atoms with Crippen LogP contribution in [0.4, 0.5) is 5.69 Å². The molecule has 1 aromatic rings. The monoisotopic (exact) mass is 566 g/mol. The Hall–Kier alpha value is -0.870. The van der Waals surface area contributed by atoms with Crippen LogP contribution >= 0.6 is 39.9 Å². The first-order valence-electron chi connectivity index (χ1n) is 9.56. The topological polar surface area (TPSA) is 74.8 Å². The average molecular weight is 567 g/mol. The quantitative estimate of drug-likeness (QED) is 0.238. The van der Waals surface area contributed by atoms with Crippen LogP contribution in [-0.2, 0) is 9.53 Å². The molecule has 0 aliphatic heterocycles. The number of nitrogens with zero attached hydrogens (tertiary/aromatic N) is 1. The van der Waals surface area contributed by atoms with E-state index in [-0.39, 0.29) is 29.9 Å². The largest absolute Gasteiger partial charge is 0.385 e. The lowest BCUT2D eigenvalue weighted by Crippen LogP contribution is -2.44. The van der Waals surface area contributed by atoms with Crippen molar-refractivity contribution in [2.24, 2.45) is 10.4 Å². The fourth-order valence-electron chi connectivity index (χ4n) is 3.50. The molecule has 1 amide bonds. The molecule has 0 radical (unpaired) electrons. The molecule has 1 aliphatic rings. The van der Waals surface area contributed by atoms with E-state index in [1.54, 1.807) is 14.2 Å². The molecule has 28 heavy (non-hydrogen) atoms. The van der Waals surface area contributed by atoms with E-state index in [4.69, 9.17) is 4.74 Å². The summed E-state index contributed by atoms with van der Waals surface area (Å²) in [5.74, 6) is 0.725. The van der Waals surface area contributed by atoms with Crippen molar-refractivity contribution in [1.29, 1.82) is 0 Å². The van der Waals surface area contributed by atoms with Crippen LogP contribution in [0.2, 0.25) is 0 Å². The molecule has 0 saturated heterocycles. The Kier molecular flexibility index (Phi) is 12.0. The molecule has 1 fully saturated rings. The molecule has 0 spiro atoms. The molecule has 0 atom stereocenters. The maximum absolute atomic E-state index is 12.1. The maximum atomic E-state index is 12.1. The molecule has 1 saturated carbocycles. The van der Waals surface area contributed by atoms with Gasteiger partial charge in [-0.3, -0.25) is 9.79 Å². The van der Waals surface area contributed by atoms with Gasteiger partial charge in [0.1, 0.15) is 0 Å². The Morgan fingerprint density at radius 3 is 2.50 bits per heavy atom. The number of guanidine groups is 1. The minimum atomic E-state index is -0.0207. The second-order valence-corrected chi connectivity index (χ2v) is 8.02. The Morgan fingerprint density at radius 2 is 1.89 bits per heavy atom. The highest BCUT2D eigenvalue weighted by molar-refractivity contribution is 14.0. The Morgan fingerprint density at radius 1 is 1.21 bits per heavy atom. The normalized spacial score (nSPS) is 15.6. The molecule has 2 rings (SSSR count). The number of hydrogen-bond acceptors (Lipinski definition) is 3. The van der Waals surface area contributed by atoms with Gasteiger partial charge in [0.2, 0.25) is 5.91 Å². The van der Waals surface area contributed by atoms with E-state index in [0.717, 1.165) is 35.7 Å². The summed E-state index contributed by atoms with van der Waals surface area (Å²) >= 11 is 3.38. The highest BCUT2D eigenvalue weighted by Crippen LogP contribution is 2.40. The molecule has 0 aromatic heterocycles. The van der Waals surface area contributed by atoms with Gasteiger partial charge in [-0.05, 0) is 48.9 Å². The van der Waals surface area contributed by atoms with Crippen LogP contribution < -0.4 is 16.0 Å². The van der Waals surface area contributed by atoms with Crippen molar-refractivity contribution in [3.05, 3.63) is 28.7 Å². The summed E-state index contributed by atoms with van der Waals surface area (Å²) in [5, 5.41) is 9.56. The zero-order valence-corrected chi connectivity index (χ0v) is 20.6. The number of hydrogen-bond donors (Lipinski definition) is 3. The Bertz CT molecular complexity index is 619. The summed E-state index contributed by atoms with van der Waals surface area (Å²) in [6.07, 6.45) is 6.49. The van der Waals surface area contributed by atoms with Crippen LogP contribution in [-0.4, -0.2) is 45.7 Å². The second-order valence-electron chi connectivity index (χ2n) is 7.11. The molecule has 0 bridgehead atoms. The average Bonchev–Trinajstić information content (AvgIpc) is 3.14. The summed E-state index contributed by atoms with van der Waals surface area (Å²) in [4.78, 5) is 16.3. The summed E-state index contributed by atoms with van der Waals surface area (Å²) < 4.78 is 6.28. The van der Waals surface area contributed by atoms with Crippen LogP contribution in [0.5, 0.6) is 0 Å². The molecule has 1 aliphatic carbocycles. The van der Waals surface area contributed by atoms with Crippen molar-refractivity contribution >= 4 is 57.5 Å². The van der Waals surface area contributed by atoms with E-state index in [9.17, 15) is 4.79 Å². The van der Waals surface area contributed by atoms with E-state index in [1.807, 2.05) is 24.3 Å². The number of halogens is 2. The molecule has 0 heterocycles. The van der Waals surface area contributed by atoms with Crippen molar-refractivity contribution in [3.8, 4) is 0 Å². The van der Waals surface area contributed by atoms with Gasteiger partial charge in [-0.2, -0.15) is 0 Å². The van der Waals surface area contributed by atoms with E-state index >= 15 is 0 Å². The van der Waals surface area contributed by atoms with Crippen LogP contribution in [0.15, 0.2) is 33.7 Å². The number of carbonyl (C=O) groups is 1. The van der Waals surface area contributed by atoms with Crippen LogP contribution in [0.3, 0.4) is 0 Å². The third-order valence-corrected chi connectivity index (χ3v) is 5.66. The first kappa shape index (κ1) is 25.2. The lowest BCUT2D eigenvalue weighted by atomic mass is 9.83. The van der Waals surface area contributed by atoms with Gasteiger partial charge in [-0.15, -0.1) is 24.0 Å².